The Balaban J connectivity index is 2.48. The van der Waals surface area contributed by atoms with Crippen molar-refractivity contribution in [2.24, 2.45) is 5.92 Å². The lowest BCUT2D eigenvalue weighted by Crippen LogP contribution is -2.50. The van der Waals surface area contributed by atoms with E-state index in [1.165, 1.54) is 0 Å². The van der Waals surface area contributed by atoms with Crippen molar-refractivity contribution in [2.45, 2.75) is 44.3 Å². The van der Waals surface area contributed by atoms with Gasteiger partial charge in [0.25, 0.3) is 0 Å². The van der Waals surface area contributed by atoms with Crippen molar-refractivity contribution in [3.63, 3.8) is 0 Å². The van der Waals surface area contributed by atoms with Gasteiger partial charge in [-0.25, -0.2) is 0 Å². The molecule has 2 atom stereocenters. The van der Waals surface area contributed by atoms with Crippen LogP contribution in [0.15, 0.2) is 0 Å². The molecule has 0 bridgehead atoms. The van der Waals surface area contributed by atoms with Gasteiger partial charge in [-0.1, -0.05) is 13.3 Å². The average Bonchev–Trinajstić information content (AvgIpc) is 2.58. The van der Waals surface area contributed by atoms with Crippen molar-refractivity contribution in [3.8, 4) is 0 Å². The lowest BCUT2D eigenvalue weighted by Gasteiger charge is -2.29. The number of alkyl halides is 3. The van der Waals surface area contributed by atoms with E-state index in [1.54, 1.807) is 0 Å². The van der Waals surface area contributed by atoms with Crippen LogP contribution in [0.25, 0.3) is 0 Å². The van der Waals surface area contributed by atoms with E-state index in [0.717, 1.165) is 12.8 Å². The lowest BCUT2D eigenvalue weighted by molar-refractivity contribution is -0.129. The van der Waals surface area contributed by atoms with Gasteiger partial charge in [0.05, 0.1) is 13.2 Å². The molecule has 1 rings (SSSR count). The zero-order valence-electron chi connectivity index (χ0n) is 8.90. The minimum absolute atomic E-state index is 0.209. The van der Waals surface area contributed by atoms with Gasteiger partial charge in [-0.3, -0.25) is 0 Å². The van der Waals surface area contributed by atoms with E-state index in [2.05, 4.69) is 5.32 Å². The zero-order chi connectivity index (χ0) is 11.5. The molecular formula is C10H18F3NO. The van der Waals surface area contributed by atoms with Gasteiger partial charge in [-0.05, 0) is 25.2 Å². The van der Waals surface area contributed by atoms with E-state index in [4.69, 9.17) is 0 Å². The van der Waals surface area contributed by atoms with Crippen LogP contribution in [0.1, 0.15) is 32.6 Å². The molecule has 0 aliphatic heterocycles. The number of hydrogen-bond donors (Lipinski definition) is 2. The van der Waals surface area contributed by atoms with Crippen LogP contribution in [0.3, 0.4) is 0 Å². The molecule has 90 valence electrons. The van der Waals surface area contributed by atoms with Crippen molar-refractivity contribution in [2.75, 3.05) is 13.2 Å². The molecule has 1 fully saturated rings. The minimum atomic E-state index is -4.20. The van der Waals surface area contributed by atoms with Crippen molar-refractivity contribution in [3.05, 3.63) is 0 Å². The molecular weight excluding hydrogens is 207 g/mol. The molecule has 1 saturated carbocycles. The molecule has 0 radical (unpaired) electrons. The number of halogens is 3. The van der Waals surface area contributed by atoms with Crippen LogP contribution in [-0.4, -0.2) is 30.0 Å². The predicted molar refractivity (Wildman–Crippen MR) is 51.5 cm³/mol. The van der Waals surface area contributed by atoms with E-state index in [1.807, 2.05) is 6.92 Å². The van der Waals surface area contributed by atoms with Crippen LogP contribution in [0.4, 0.5) is 13.2 Å². The third-order valence-electron chi connectivity index (χ3n) is 3.25. The third kappa shape index (κ3) is 3.65. The smallest absolute Gasteiger partial charge is 0.394 e. The summed E-state index contributed by atoms with van der Waals surface area (Å²) < 4.78 is 36.2. The first-order valence-electron chi connectivity index (χ1n) is 5.33. The Morgan fingerprint density at radius 2 is 2.13 bits per heavy atom. The van der Waals surface area contributed by atoms with E-state index in [9.17, 15) is 18.3 Å². The third-order valence-corrected chi connectivity index (χ3v) is 3.25. The van der Waals surface area contributed by atoms with Crippen LogP contribution in [0.5, 0.6) is 0 Å². The monoisotopic (exact) mass is 225 g/mol. The second-order valence-corrected chi connectivity index (χ2v) is 4.42. The van der Waals surface area contributed by atoms with Crippen molar-refractivity contribution >= 4 is 0 Å². The average molecular weight is 225 g/mol. The molecule has 2 nitrogen and oxygen atoms in total. The summed E-state index contributed by atoms with van der Waals surface area (Å²) in [5.74, 6) is 0.442. The number of rotatable bonds is 4. The summed E-state index contributed by atoms with van der Waals surface area (Å²) in [4.78, 5) is 0. The Kier molecular flexibility index (Phi) is 4.00. The normalized spacial score (nSPS) is 32.2. The Labute approximate surface area is 87.9 Å². The predicted octanol–water partition coefficient (Wildman–Crippen LogP) is 2.08. The topological polar surface area (TPSA) is 32.3 Å². The molecule has 2 unspecified atom stereocenters. The fourth-order valence-electron chi connectivity index (χ4n) is 2.23. The number of aliphatic hydroxyl groups is 1. The van der Waals surface area contributed by atoms with Gasteiger partial charge in [0.2, 0.25) is 0 Å². The molecule has 0 aromatic rings. The molecule has 0 spiro atoms. The Morgan fingerprint density at radius 3 is 2.53 bits per heavy atom. The van der Waals surface area contributed by atoms with Gasteiger partial charge in [0.15, 0.2) is 0 Å². The second-order valence-electron chi connectivity index (χ2n) is 4.42. The summed E-state index contributed by atoms with van der Waals surface area (Å²) >= 11 is 0. The molecule has 2 N–H and O–H groups in total. The van der Waals surface area contributed by atoms with Gasteiger partial charge >= 0.3 is 6.18 Å². The van der Waals surface area contributed by atoms with Gasteiger partial charge in [0.1, 0.15) is 0 Å². The van der Waals surface area contributed by atoms with Crippen LogP contribution in [0.2, 0.25) is 0 Å². The summed E-state index contributed by atoms with van der Waals surface area (Å²) in [6.07, 6.45) is -1.04. The first-order chi connectivity index (χ1) is 6.91. The molecule has 15 heavy (non-hydrogen) atoms. The van der Waals surface area contributed by atoms with Crippen LogP contribution in [-0.2, 0) is 0 Å². The SMILES string of the molecule is CCC1CCC(CO)(NCC(F)(F)F)C1. The van der Waals surface area contributed by atoms with Gasteiger partial charge in [-0.2, -0.15) is 13.2 Å². The van der Waals surface area contributed by atoms with E-state index >= 15 is 0 Å². The number of aliphatic hydroxyl groups excluding tert-OH is 1. The van der Waals surface area contributed by atoms with Gasteiger partial charge in [-0.15, -0.1) is 0 Å². The number of nitrogens with one attached hydrogen (secondary N) is 1. The molecule has 0 heterocycles. The molecule has 0 aromatic carbocycles. The molecule has 1 aliphatic rings. The highest BCUT2D eigenvalue weighted by molar-refractivity contribution is 4.95. The van der Waals surface area contributed by atoms with Crippen LogP contribution >= 0.6 is 0 Å². The maximum atomic E-state index is 12.1. The highest BCUT2D eigenvalue weighted by atomic mass is 19.4. The maximum Gasteiger partial charge on any atom is 0.401 e. The number of hydrogen-bond acceptors (Lipinski definition) is 2. The molecule has 0 amide bonds. The minimum Gasteiger partial charge on any atom is -0.394 e. The maximum absolute atomic E-state index is 12.1. The van der Waals surface area contributed by atoms with Crippen molar-refractivity contribution < 1.29 is 18.3 Å². The standard InChI is InChI=1S/C10H18F3NO/c1-2-8-3-4-9(5-8,7-15)14-6-10(11,12)13/h8,14-15H,2-7H2,1H3. The summed E-state index contributed by atoms with van der Waals surface area (Å²) in [5, 5.41) is 11.7. The van der Waals surface area contributed by atoms with Crippen LogP contribution < -0.4 is 5.32 Å². The first kappa shape index (κ1) is 12.8. The fraction of sp³-hybridized carbons (Fsp3) is 1.00. The first-order valence-corrected chi connectivity index (χ1v) is 5.33. The lowest BCUT2D eigenvalue weighted by atomic mass is 9.96. The quantitative estimate of drug-likeness (QED) is 0.767. The molecule has 5 heteroatoms. The zero-order valence-corrected chi connectivity index (χ0v) is 8.90. The summed E-state index contributed by atoms with van der Waals surface area (Å²) in [7, 11) is 0. The highest BCUT2D eigenvalue weighted by Gasteiger charge is 2.40. The largest absolute Gasteiger partial charge is 0.401 e. The Morgan fingerprint density at radius 1 is 1.47 bits per heavy atom. The Hall–Kier alpha value is -0.290. The van der Waals surface area contributed by atoms with E-state index in [0.29, 0.717) is 18.8 Å². The van der Waals surface area contributed by atoms with Crippen LogP contribution in [0, 0.1) is 5.92 Å². The fourth-order valence-corrected chi connectivity index (χ4v) is 2.23. The van der Waals surface area contributed by atoms with E-state index in [-0.39, 0.29) is 6.61 Å². The summed E-state index contributed by atoms with van der Waals surface area (Å²) in [5.41, 5.74) is -0.698. The molecule has 0 aromatic heterocycles. The summed E-state index contributed by atoms with van der Waals surface area (Å²) in [6, 6.07) is 0. The second kappa shape index (κ2) is 4.70. The summed E-state index contributed by atoms with van der Waals surface area (Å²) in [6.45, 7) is 0.811. The van der Waals surface area contributed by atoms with Crippen molar-refractivity contribution in [1.82, 2.24) is 5.32 Å². The van der Waals surface area contributed by atoms with Gasteiger partial charge < -0.3 is 10.4 Å². The highest BCUT2D eigenvalue weighted by Crippen LogP contribution is 2.36. The van der Waals surface area contributed by atoms with E-state index < -0.39 is 18.3 Å². The Bertz CT molecular complexity index is 207. The molecule has 0 saturated heterocycles. The molecule has 1 aliphatic carbocycles. The van der Waals surface area contributed by atoms with Crippen molar-refractivity contribution in [1.29, 1.82) is 0 Å². The van der Waals surface area contributed by atoms with Gasteiger partial charge in [0, 0.05) is 5.54 Å².